The Balaban J connectivity index is 2.15. The van der Waals surface area contributed by atoms with E-state index in [1.807, 2.05) is 6.08 Å². The van der Waals surface area contributed by atoms with Crippen LogP contribution in [0.25, 0.3) is 12.2 Å². The van der Waals surface area contributed by atoms with Gasteiger partial charge in [0.2, 0.25) is 6.39 Å². The SMILES string of the molecule is Oc1ccc(/C=C/c2ncon2)cc1. The fraction of sp³-hybridized carbons (Fsp3) is 0. The van der Waals surface area contributed by atoms with E-state index in [9.17, 15) is 0 Å². The summed E-state index contributed by atoms with van der Waals surface area (Å²) in [6, 6.07) is 6.84. The molecule has 0 fully saturated rings. The normalized spacial score (nSPS) is 10.9. The van der Waals surface area contributed by atoms with Crippen molar-refractivity contribution in [1.29, 1.82) is 0 Å². The van der Waals surface area contributed by atoms with E-state index in [4.69, 9.17) is 5.11 Å². The molecule has 4 heteroatoms. The first-order valence-corrected chi connectivity index (χ1v) is 4.08. The lowest BCUT2D eigenvalue weighted by Crippen LogP contribution is -1.74. The van der Waals surface area contributed by atoms with Crippen LogP contribution in [0.3, 0.4) is 0 Å². The number of hydrogen-bond acceptors (Lipinski definition) is 4. The van der Waals surface area contributed by atoms with Crippen molar-refractivity contribution in [2.75, 3.05) is 0 Å². The summed E-state index contributed by atoms with van der Waals surface area (Å²) < 4.78 is 4.57. The molecule has 0 saturated heterocycles. The van der Waals surface area contributed by atoms with Crippen molar-refractivity contribution in [2.24, 2.45) is 0 Å². The molecule has 0 unspecified atom stereocenters. The van der Waals surface area contributed by atoms with Gasteiger partial charge in [-0.2, -0.15) is 4.98 Å². The number of phenols is 1. The van der Waals surface area contributed by atoms with Crippen LogP contribution in [0.1, 0.15) is 11.4 Å². The second-order valence-electron chi connectivity index (χ2n) is 2.71. The first-order chi connectivity index (χ1) is 6.84. The lowest BCUT2D eigenvalue weighted by Gasteiger charge is -1.92. The molecule has 2 aromatic rings. The molecule has 1 heterocycles. The number of nitrogens with zero attached hydrogens (tertiary/aromatic N) is 2. The minimum Gasteiger partial charge on any atom is -0.508 e. The molecule has 0 bridgehead atoms. The highest BCUT2D eigenvalue weighted by Crippen LogP contribution is 2.11. The summed E-state index contributed by atoms with van der Waals surface area (Å²) in [7, 11) is 0. The van der Waals surface area contributed by atoms with Gasteiger partial charge in [-0.15, -0.1) is 0 Å². The number of phenolic OH excluding ortho intramolecular Hbond substituents is 1. The summed E-state index contributed by atoms with van der Waals surface area (Å²) in [6.45, 7) is 0. The van der Waals surface area contributed by atoms with E-state index >= 15 is 0 Å². The van der Waals surface area contributed by atoms with Gasteiger partial charge in [0.25, 0.3) is 0 Å². The average Bonchev–Trinajstić information content (AvgIpc) is 2.70. The molecule has 14 heavy (non-hydrogen) atoms. The van der Waals surface area contributed by atoms with E-state index in [1.165, 1.54) is 6.39 Å². The smallest absolute Gasteiger partial charge is 0.214 e. The summed E-state index contributed by atoms with van der Waals surface area (Å²) in [5, 5.41) is 12.7. The van der Waals surface area contributed by atoms with Crippen molar-refractivity contribution < 1.29 is 9.63 Å². The van der Waals surface area contributed by atoms with Gasteiger partial charge in [0.05, 0.1) is 0 Å². The van der Waals surface area contributed by atoms with Gasteiger partial charge in [-0.1, -0.05) is 23.4 Å². The van der Waals surface area contributed by atoms with Gasteiger partial charge in [0.15, 0.2) is 5.82 Å². The van der Waals surface area contributed by atoms with Gasteiger partial charge >= 0.3 is 0 Å². The Morgan fingerprint density at radius 1 is 1.14 bits per heavy atom. The summed E-state index contributed by atoms with van der Waals surface area (Å²) >= 11 is 0. The Morgan fingerprint density at radius 3 is 2.57 bits per heavy atom. The number of aromatic nitrogens is 2. The molecule has 70 valence electrons. The predicted molar refractivity (Wildman–Crippen MR) is 51.3 cm³/mol. The van der Waals surface area contributed by atoms with Crippen LogP contribution in [-0.2, 0) is 0 Å². The molecule has 0 amide bonds. The topological polar surface area (TPSA) is 59.2 Å². The van der Waals surface area contributed by atoms with Crippen molar-refractivity contribution in [2.45, 2.75) is 0 Å². The molecule has 0 spiro atoms. The second-order valence-corrected chi connectivity index (χ2v) is 2.71. The standard InChI is InChI=1S/C10H8N2O2/c13-9-4-1-8(2-5-9)3-6-10-11-7-14-12-10/h1-7,13H/b6-3+. The zero-order valence-electron chi connectivity index (χ0n) is 7.29. The van der Waals surface area contributed by atoms with Crippen LogP contribution in [0.15, 0.2) is 35.2 Å². The molecule has 1 aromatic heterocycles. The zero-order chi connectivity index (χ0) is 9.80. The van der Waals surface area contributed by atoms with Crippen molar-refractivity contribution in [3.8, 4) is 5.75 Å². The minimum atomic E-state index is 0.252. The van der Waals surface area contributed by atoms with E-state index in [2.05, 4.69) is 14.7 Å². The molecular formula is C10H8N2O2. The third-order valence-electron chi connectivity index (χ3n) is 1.70. The molecule has 0 aliphatic heterocycles. The van der Waals surface area contributed by atoms with Gasteiger partial charge < -0.3 is 9.63 Å². The molecular weight excluding hydrogens is 180 g/mol. The van der Waals surface area contributed by atoms with Crippen LogP contribution in [0.4, 0.5) is 0 Å². The van der Waals surface area contributed by atoms with E-state index in [0.717, 1.165) is 5.56 Å². The van der Waals surface area contributed by atoms with Gasteiger partial charge in [-0.3, -0.25) is 0 Å². The summed E-state index contributed by atoms with van der Waals surface area (Å²) in [5.74, 6) is 0.778. The summed E-state index contributed by atoms with van der Waals surface area (Å²) in [6.07, 6.45) is 4.84. The highest BCUT2D eigenvalue weighted by molar-refractivity contribution is 5.66. The number of hydrogen-bond donors (Lipinski definition) is 1. The lowest BCUT2D eigenvalue weighted by molar-refractivity contribution is 0.415. The maximum Gasteiger partial charge on any atom is 0.214 e. The first-order valence-electron chi connectivity index (χ1n) is 4.08. The molecule has 0 saturated carbocycles. The lowest BCUT2D eigenvalue weighted by atomic mass is 10.2. The highest BCUT2D eigenvalue weighted by Gasteiger charge is 1.91. The van der Waals surface area contributed by atoms with E-state index < -0.39 is 0 Å². The average molecular weight is 188 g/mol. The third kappa shape index (κ3) is 1.98. The monoisotopic (exact) mass is 188 g/mol. The molecule has 1 aromatic carbocycles. The van der Waals surface area contributed by atoms with E-state index in [0.29, 0.717) is 5.82 Å². The van der Waals surface area contributed by atoms with Crippen molar-refractivity contribution in [3.63, 3.8) is 0 Å². The van der Waals surface area contributed by atoms with Crippen LogP contribution in [0, 0.1) is 0 Å². The van der Waals surface area contributed by atoms with Crippen LogP contribution in [0.5, 0.6) is 5.75 Å². The largest absolute Gasteiger partial charge is 0.508 e. The molecule has 2 rings (SSSR count). The molecule has 0 aliphatic rings. The van der Waals surface area contributed by atoms with Gasteiger partial charge in [0, 0.05) is 0 Å². The fourth-order valence-corrected chi connectivity index (χ4v) is 1.01. The molecule has 4 nitrogen and oxygen atoms in total. The Hall–Kier alpha value is -2.10. The predicted octanol–water partition coefficient (Wildman–Crippen LogP) is 1.95. The third-order valence-corrected chi connectivity index (χ3v) is 1.70. The quantitative estimate of drug-likeness (QED) is 0.782. The number of benzene rings is 1. The van der Waals surface area contributed by atoms with Crippen molar-refractivity contribution in [1.82, 2.24) is 10.1 Å². The van der Waals surface area contributed by atoms with Crippen LogP contribution in [0.2, 0.25) is 0 Å². The highest BCUT2D eigenvalue weighted by atomic mass is 16.5. The van der Waals surface area contributed by atoms with Gasteiger partial charge in [-0.05, 0) is 23.8 Å². The fourth-order valence-electron chi connectivity index (χ4n) is 1.01. The maximum atomic E-state index is 9.05. The van der Waals surface area contributed by atoms with E-state index in [1.54, 1.807) is 30.3 Å². The Kier molecular flexibility index (Phi) is 2.27. The van der Waals surface area contributed by atoms with Crippen LogP contribution < -0.4 is 0 Å². The zero-order valence-corrected chi connectivity index (χ0v) is 7.29. The molecule has 0 radical (unpaired) electrons. The van der Waals surface area contributed by atoms with Crippen LogP contribution >= 0.6 is 0 Å². The summed E-state index contributed by atoms with van der Waals surface area (Å²) in [5.41, 5.74) is 0.965. The Labute approximate surface area is 80.5 Å². The minimum absolute atomic E-state index is 0.252. The molecule has 0 aliphatic carbocycles. The van der Waals surface area contributed by atoms with Crippen LogP contribution in [-0.4, -0.2) is 15.2 Å². The first kappa shape index (κ1) is 8.50. The van der Waals surface area contributed by atoms with Gasteiger partial charge in [-0.25, -0.2) is 0 Å². The molecule has 0 atom stereocenters. The number of aromatic hydroxyl groups is 1. The number of rotatable bonds is 2. The summed E-state index contributed by atoms with van der Waals surface area (Å²) in [4.78, 5) is 3.83. The van der Waals surface area contributed by atoms with Gasteiger partial charge in [0.1, 0.15) is 5.75 Å². The Bertz CT molecular complexity index is 418. The Morgan fingerprint density at radius 2 is 1.93 bits per heavy atom. The molecule has 1 N–H and O–H groups in total. The maximum absolute atomic E-state index is 9.05. The second kappa shape index (κ2) is 3.74. The van der Waals surface area contributed by atoms with Crippen molar-refractivity contribution >= 4 is 12.2 Å². The van der Waals surface area contributed by atoms with Crippen molar-refractivity contribution in [3.05, 3.63) is 42.0 Å². The van der Waals surface area contributed by atoms with E-state index in [-0.39, 0.29) is 5.75 Å².